The van der Waals surface area contributed by atoms with Crippen LogP contribution in [0.1, 0.15) is 49.4 Å². The van der Waals surface area contributed by atoms with E-state index in [0.717, 1.165) is 12.8 Å². The molecular formula is C21H31Cl3N2O4S. The molecule has 1 aromatic rings. The van der Waals surface area contributed by atoms with Crippen LogP contribution in [0.4, 0.5) is 0 Å². The third-order valence-electron chi connectivity index (χ3n) is 6.25. The van der Waals surface area contributed by atoms with Crippen LogP contribution in [-0.2, 0) is 14.8 Å². The van der Waals surface area contributed by atoms with Gasteiger partial charge in [-0.3, -0.25) is 9.69 Å². The second-order valence-electron chi connectivity index (χ2n) is 8.06. The zero-order valence-corrected chi connectivity index (χ0v) is 21.0. The number of ether oxygens (including phenoxy) is 1. The third kappa shape index (κ3) is 6.34. The molecule has 0 aromatic heterocycles. The molecule has 0 atom stereocenters. The summed E-state index contributed by atoms with van der Waals surface area (Å²) in [5.74, 6) is 0.139. The molecule has 0 N–H and O–H groups in total. The summed E-state index contributed by atoms with van der Waals surface area (Å²) in [6.45, 7) is 5.51. The highest BCUT2D eigenvalue weighted by Gasteiger charge is 2.41. The third-order valence-corrected chi connectivity index (χ3v) is 8.95. The second kappa shape index (κ2) is 11.6. The van der Waals surface area contributed by atoms with Crippen LogP contribution in [-0.4, -0.2) is 74.1 Å². The maximum Gasteiger partial charge on any atom is 0.214 e. The lowest BCUT2D eigenvalue weighted by atomic mass is 9.82. The molecule has 3 rings (SSSR count). The zero-order chi connectivity index (χ0) is 21.8. The highest BCUT2D eigenvalue weighted by Crippen LogP contribution is 2.35. The fourth-order valence-electron chi connectivity index (χ4n) is 4.54. The van der Waals surface area contributed by atoms with Crippen LogP contribution >= 0.6 is 35.6 Å². The van der Waals surface area contributed by atoms with Gasteiger partial charge in [0, 0.05) is 51.4 Å². The largest absolute Gasteiger partial charge is 0.381 e. The standard InChI is InChI=1S/C21H30Cl2N2O4S.ClH/c1-2-16-30(27,28)25-12-10-24(11-13-25)21(8-14-29-15-9-21)7-6-19(26)20-17(22)4-3-5-18(20)23;/h3-5H,2,6-16H2,1H3;1H. The van der Waals surface area contributed by atoms with Gasteiger partial charge in [-0.1, -0.05) is 36.2 Å². The normalized spacial score (nSPS) is 20.2. The minimum Gasteiger partial charge on any atom is -0.381 e. The summed E-state index contributed by atoms with van der Waals surface area (Å²) in [7, 11) is -3.18. The van der Waals surface area contributed by atoms with Crippen LogP contribution in [0.5, 0.6) is 0 Å². The van der Waals surface area contributed by atoms with Gasteiger partial charge in [0.1, 0.15) is 0 Å². The number of nitrogens with zero attached hydrogens (tertiary/aromatic N) is 2. The summed E-state index contributed by atoms with van der Waals surface area (Å²) in [6.07, 6.45) is 3.31. The monoisotopic (exact) mass is 512 g/mol. The van der Waals surface area contributed by atoms with Crippen molar-refractivity contribution in [2.45, 2.75) is 44.6 Å². The summed E-state index contributed by atoms with van der Waals surface area (Å²) >= 11 is 12.4. The fraction of sp³-hybridized carbons (Fsp3) is 0.667. The van der Waals surface area contributed by atoms with Gasteiger partial charge in [-0.25, -0.2) is 8.42 Å². The molecular weight excluding hydrogens is 483 g/mol. The van der Waals surface area contributed by atoms with E-state index in [9.17, 15) is 13.2 Å². The Morgan fingerprint density at radius 2 is 1.68 bits per heavy atom. The second-order valence-corrected chi connectivity index (χ2v) is 11.0. The van der Waals surface area contributed by atoms with E-state index < -0.39 is 10.0 Å². The highest BCUT2D eigenvalue weighted by atomic mass is 35.5. The van der Waals surface area contributed by atoms with E-state index in [2.05, 4.69) is 4.90 Å². The van der Waals surface area contributed by atoms with Gasteiger partial charge in [0.2, 0.25) is 10.0 Å². The zero-order valence-electron chi connectivity index (χ0n) is 17.8. The van der Waals surface area contributed by atoms with Crippen molar-refractivity contribution in [2.75, 3.05) is 45.1 Å². The van der Waals surface area contributed by atoms with E-state index in [1.807, 2.05) is 6.92 Å². The quantitative estimate of drug-likeness (QED) is 0.485. The lowest BCUT2D eigenvalue weighted by Crippen LogP contribution is -2.60. The topological polar surface area (TPSA) is 66.9 Å². The molecule has 10 heteroatoms. The Morgan fingerprint density at radius 3 is 2.23 bits per heavy atom. The average Bonchev–Trinajstić information content (AvgIpc) is 2.73. The van der Waals surface area contributed by atoms with Gasteiger partial charge in [0.05, 0.1) is 21.4 Å². The first-order valence-electron chi connectivity index (χ1n) is 10.6. The molecule has 31 heavy (non-hydrogen) atoms. The molecule has 0 spiro atoms. The fourth-order valence-corrected chi connectivity index (χ4v) is 6.64. The Balaban J connectivity index is 0.00000341. The first kappa shape index (κ1) is 26.8. The smallest absolute Gasteiger partial charge is 0.214 e. The Labute approximate surface area is 201 Å². The predicted octanol–water partition coefficient (Wildman–Crippen LogP) is 4.28. The Kier molecular flexibility index (Phi) is 10.1. The number of carbonyl (C=O) groups is 1. The maximum atomic E-state index is 12.9. The molecule has 0 aliphatic carbocycles. The summed E-state index contributed by atoms with van der Waals surface area (Å²) in [4.78, 5) is 15.3. The van der Waals surface area contributed by atoms with Crippen molar-refractivity contribution >= 4 is 51.4 Å². The van der Waals surface area contributed by atoms with E-state index in [0.29, 0.717) is 74.3 Å². The number of hydrogen-bond donors (Lipinski definition) is 0. The number of piperazine rings is 1. The molecule has 0 amide bonds. The first-order valence-corrected chi connectivity index (χ1v) is 12.9. The molecule has 2 fully saturated rings. The van der Waals surface area contributed by atoms with Gasteiger partial charge in [-0.2, -0.15) is 4.31 Å². The molecule has 2 aliphatic heterocycles. The number of benzene rings is 1. The number of hydrogen-bond acceptors (Lipinski definition) is 5. The van der Waals surface area contributed by atoms with Crippen LogP contribution in [0, 0.1) is 0 Å². The van der Waals surface area contributed by atoms with Crippen molar-refractivity contribution in [1.29, 1.82) is 0 Å². The van der Waals surface area contributed by atoms with E-state index in [1.54, 1.807) is 22.5 Å². The summed E-state index contributed by atoms with van der Waals surface area (Å²) in [5.41, 5.74) is 0.223. The van der Waals surface area contributed by atoms with Gasteiger partial charge in [0.15, 0.2) is 5.78 Å². The molecule has 2 heterocycles. The molecule has 176 valence electrons. The number of halogens is 3. The van der Waals surface area contributed by atoms with Gasteiger partial charge < -0.3 is 4.74 Å². The van der Waals surface area contributed by atoms with Crippen LogP contribution in [0.25, 0.3) is 0 Å². The van der Waals surface area contributed by atoms with Crippen molar-refractivity contribution in [2.24, 2.45) is 0 Å². The lowest BCUT2D eigenvalue weighted by Gasteiger charge is -2.49. The van der Waals surface area contributed by atoms with Gasteiger partial charge >= 0.3 is 0 Å². The highest BCUT2D eigenvalue weighted by molar-refractivity contribution is 7.89. The van der Waals surface area contributed by atoms with Crippen molar-refractivity contribution in [1.82, 2.24) is 9.21 Å². The van der Waals surface area contributed by atoms with Crippen LogP contribution in [0.15, 0.2) is 18.2 Å². The average molecular weight is 514 g/mol. The van der Waals surface area contributed by atoms with Crippen LogP contribution < -0.4 is 0 Å². The van der Waals surface area contributed by atoms with Gasteiger partial charge in [-0.05, 0) is 37.8 Å². The molecule has 2 aliphatic rings. The minimum atomic E-state index is -3.18. The Morgan fingerprint density at radius 1 is 1.10 bits per heavy atom. The van der Waals surface area contributed by atoms with Crippen molar-refractivity contribution in [3.05, 3.63) is 33.8 Å². The molecule has 0 radical (unpaired) electrons. The van der Waals surface area contributed by atoms with E-state index in [1.165, 1.54) is 0 Å². The number of sulfonamides is 1. The molecule has 0 saturated carbocycles. The van der Waals surface area contributed by atoms with Crippen LogP contribution in [0.2, 0.25) is 10.0 Å². The number of Topliss-reactive ketones (excluding diaryl/α,β-unsaturated/α-hetero) is 1. The molecule has 2 saturated heterocycles. The maximum absolute atomic E-state index is 12.9. The summed E-state index contributed by atoms with van der Waals surface area (Å²) in [5, 5.41) is 0.756. The summed E-state index contributed by atoms with van der Waals surface area (Å²) < 4.78 is 32.0. The van der Waals surface area contributed by atoms with Crippen molar-refractivity contribution in [3.63, 3.8) is 0 Å². The SMILES string of the molecule is CCCS(=O)(=O)N1CCN(C2(CCC(=O)c3c(Cl)cccc3Cl)CCOCC2)CC1.Cl. The minimum absolute atomic E-state index is 0. The van der Waals surface area contributed by atoms with Gasteiger partial charge in [-0.15, -0.1) is 12.4 Å². The number of rotatable bonds is 8. The van der Waals surface area contributed by atoms with E-state index >= 15 is 0 Å². The van der Waals surface area contributed by atoms with E-state index in [-0.39, 0.29) is 29.5 Å². The lowest BCUT2D eigenvalue weighted by molar-refractivity contribution is -0.0444. The first-order chi connectivity index (χ1) is 14.3. The Hall–Kier alpha value is -0.410. The molecule has 6 nitrogen and oxygen atoms in total. The van der Waals surface area contributed by atoms with Crippen molar-refractivity contribution in [3.8, 4) is 0 Å². The van der Waals surface area contributed by atoms with E-state index in [4.69, 9.17) is 27.9 Å². The number of carbonyl (C=O) groups excluding carboxylic acids is 1. The number of ketones is 1. The predicted molar refractivity (Wildman–Crippen MR) is 127 cm³/mol. The molecule has 0 bridgehead atoms. The molecule has 1 aromatic carbocycles. The summed E-state index contributed by atoms with van der Waals surface area (Å²) in [6, 6.07) is 5.09. The Bertz CT molecular complexity index is 832. The van der Waals surface area contributed by atoms with Crippen molar-refractivity contribution < 1.29 is 17.9 Å². The van der Waals surface area contributed by atoms with Gasteiger partial charge in [0.25, 0.3) is 0 Å². The molecule has 0 unspecified atom stereocenters. The van der Waals surface area contributed by atoms with Crippen LogP contribution in [0.3, 0.4) is 0 Å².